The first-order valence-electron chi connectivity index (χ1n) is 5.84. The van der Waals surface area contributed by atoms with E-state index in [0.29, 0.717) is 10.8 Å². The monoisotopic (exact) mass is 253 g/mol. The van der Waals surface area contributed by atoms with Gasteiger partial charge in [0.15, 0.2) is 0 Å². The zero-order valence-electron chi connectivity index (χ0n) is 10.3. The lowest BCUT2D eigenvalue weighted by Crippen LogP contribution is -2.31. The van der Waals surface area contributed by atoms with Gasteiger partial charge in [0.05, 0.1) is 16.3 Å². The number of rotatable bonds is 1. The Balaban J connectivity index is 2.66. The van der Waals surface area contributed by atoms with Crippen molar-refractivity contribution in [2.75, 3.05) is 0 Å². The van der Waals surface area contributed by atoms with Crippen molar-refractivity contribution in [3.8, 4) is 5.75 Å². The molecule has 0 fully saturated rings. The number of nitrogens with zero attached hydrogens (tertiary/aromatic N) is 1. The van der Waals surface area contributed by atoms with Gasteiger partial charge in [-0.05, 0) is 6.07 Å². The Morgan fingerprint density at radius 2 is 1.79 bits per heavy atom. The van der Waals surface area contributed by atoms with Crippen molar-refractivity contribution < 1.29 is 19.6 Å². The number of aromatic nitrogens is 1. The van der Waals surface area contributed by atoms with Gasteiger partial charge in [0.1, 0.15) is 7.05 Å². The van der Waals surface area contributed by atoms with E-state index in [4.69, 9.17) is 0 Å². The molecule has 4 heteroatoms. The molecule has 1 aromatic heterocycles. The van der Waals surface area contributed by atoms with Gasteiger partial charge in [0.25, 0.3) is 0 Å². The van der Waals surface area contributed by atoms with Crippen LogP contribution in [0.2, 0.25) is 0 Å². The molecule has 0 unspecified atom stereocenters. The topological polar surface area (TPSA) is 64.2 Å². The molecule has 0 bridgehead atoms. The quantitative estimate of drug-likeness (QED) is 0.529. The van der Waals surface area contributed by atoms with E-state index >= 15 is 0 Å². The van der Waals surface area contributed by atoms with Crippen LogP contribution in [0.25, 0.3) is 21.8 Å². The molecular formula is C15H11NO3. The Morgan fingerprint density at radius 3 is 2.53 bits per heavy atom. The van der Waals surface area contributed by atoms with E-state index in [2.05, 4.69) is 0 Å². The Labute approximate surface area is 109 Å². The van der Waals surface area contributed by atoms with E-state index in [1.807, 2.05) is 23.7 Å². The molecule has 0 saturated carbocycles. The number of benzene rings is 2. The number of hydrogen-bond donors (Lipinski definition) is 1. The summed E-state index contributed by atoms with van der Waals surface area (Å²) in [6.07, 6.45) is 0. The van der Waals surface area contributed by atoms with Crippen LogP contribution in [-0.2, 0) is 7.05 Å². The summed E-state index contributed by atoms with van der Waals surface area (Å²) in [7, 11) is 1.86. The first-order chi connectivity index (χ1) is 9.09. The highest BCUT2D eigenvalue weighted by Crippen LogP contribution is 2.26. The van der Waals surface area contributed by atoms with Crippen molar-refractivity contribution in [1.82, 2.24) is 0 Å². The molecule has 3 rings (SSSR count). The maximum atomic E-state index is 11.5. The highest BCUT2D eigenvalue weighted by molar-refractivity contribution is 6.12. The zero-order valence-corrected chi connectivity index (χ0v) is 10.3. The summed E-state index contributed by atoms with van der Waals surface area (Å²) >= 11 is 0. The van der Waals surface area contributed by atoms with Crippen LogP contribution < -0.4 is 9.67 Å². The van der Waals surface area contributed by atoms with Crippen LogP contribution >= 0.6 is 0 Å². The molecule has 0 atom stereocenters. The molecule has 0 amide bonds. The van der Waals surface area contributed by atoms with Crippen molar-refractivity contribution >= 4 is 27.8 Å². The summed E-state index contributed by atoms with van der Waals surface area (Å²) in [5.41, 5.74) is 1.74. The summed E-state index contributed by atoms with van der Waals surface area (Å²) in [6, 6.07) is 11.8. The first kappa shape index (κ1) is 11.5. The van der Waals surface area contributed by atoms with Crippen molar-refractivity contribution in [3.63, 3.8) is 0 Å². The summed E-state index contributed by atoms with van der Waals surface area (Å²) in [5, 5.41) is 22.1. The fourth-order valence-corrected chi connectivity index (χ4v) is 2.49. The third-order valence-corrected chi connectivity index (χ3v) is 3.35. The summed E-state index contributed by atoms with van der Waals surface area (Å²) in [5.74, 6) is -1.21. The molecule has 94 valence electrons. The van der Waals surface area contributed by atoms with Gasteiger partial charge < -0.3 is 10.2 Å². The van der Waals surface area contributed by atoms with Crippen LogP contribution in [0.1, 0.15) is 10.4 Å². The lowest BCUT2D eigenvalue weighted by atomic mass is 10.0. The molecule has 3 aromatic rings. The lowest BCUT2D eigenvalue weighted by Gasteiger charge is -2.10. The van der Waals surface area contributed by atoms with Crippen LogP contribution in [0.5, 0.6) is 5.75 Å². The predicted octanol–water partition coefficient (Wildman–Crippen LogP) is 1.59. The number of carboxylic acid groups (broad SMARTS) is 1. The largest absolute Gasteiger partial charge is 0.872 e. The molecule has 1 N–H and O–H groups in total. The molecule has 19 heavy (non-hydrogen) atoms. The van der Waals surface area contributed by atoms with Crippen LogP contribution in [0.3, 0.4) is 0 Å². The number of aryl methyl sites for hydroxylation is 1. The van der Waals surface area contributed by atoms with Crippen LogP contribution in [0.4, 0.5) is 0 Å². The molecule has 2 aromatic carbocycles. The first-order valence-corrected chi connectivity index (χ1v) is 5.84. The van der Waals surface area contributed by atoms with Gasteiger partial charge in [0.2, 0.25) is 11.0 Å². The zero-order chi connectivity index (χ0) is 13.6. The van der Waals surface area contributed by atoms with Crippen LogP contribution in [-0.4, -0.2) is 11.1 Å². The van der Waals surface area contributed by atoms with Crippen molar-refractivity contribution in [2.45, 2.75) is 0 Å². The second-order valence-electron chi connectivity index (χ2n) is 4.44. The minimum Gasteiger partial charge on any atom is -0.872 e. The smallest absolute Gasteiger partial charge is 0.337 e. The van der Waals surface area contributed by atoms with Gasteiger partial charge in [-0.25, -0.2) is 4.79 Å². The normalized spacial score (nSPS) is 11.0. The molecule has 0 aliphatic heterocycles. The average Bonchev–Trinajstić information content (AvgIpc) is 2.38. The van der Waals surface area contributed by atoms with Gasteiger partial charge in [-0.1, -0.05) is 24.3 Å². The highest BCUT2D eigenvalue weighted by Gasteiger charge is 2.21. The summed E-state index contributed by atoms with van der Waals surface area (Å²) in [6.45, 7) is 0. The van der Waals surface area contributed by atoms with E-state index in [-0.39, 0.29) is 11.3 Å². The minimum absolute atomic E-state index is 0.182. The van der Waals surface area contributed by atoms with E-state index in [0.717, 1.165) is 11.0 Å². The maximum Gasteiger partial charge on any atom is 0.337 e. The average molecular weight is 253 g/mol. The van der Waals surface area contributed by atoms with E-state index in [1.165, 1.54) is 12.1 Å². The van der Waals surface area contributed by atoms with Gasteiger partial charge >= 0.3 is 5.97 Å². The number of para-hydroxylation sites is 1. The maximum absolute atomic E-state index is 11.5. The van der Waals surface area contributed by atoms with Crippen molar-refractivity contribution in [2.24, 2.45) is 7.05 Å². The second kappa shape index (κ2) is 3.95. The molecule has 4 nitrogen and oxygen atoms in total. The van der Waals surface area contributed by atoms with Gasteiger partial charge in [-0.2, -0.15) is 4.57 Å². The lowest BCUT2D eigenvalue weighted by molar-refractivity contribution is -0.617. The fourth-order valence-electron chi connectivity index (χ4n) is 2.49. The standard InChI is InChI=1S/C15H11NO3/c1-16-12-5-3-2-4-10(12)14(15(18)19)11-8-9(17)6-7-13(11)16/h2-8H,1H3,(H-,17,18,19). The van der Waals surface area contributed by atoms with E-state index < -0.39 is 5.97 Å². The Hall–Kier alpha value is -2.62. The van der Waals surface area contributed by atoms with Gasteiger partial charge in [0, 0.05) is 12.1 Å². The number of fused-ring (bicyclic) bond motifs is 2. The number of pyridine rings is 1. The van der Waals surface area contributed by atoms with Crippen LogP contribution in [0, 0.1) is 0 Å². The molecule has 0 aliphatic rings. The van der Waals surface area contributed by atoms with Gasteiger partial charge in [-0.3, -0.25) is 0 Å². The van der Waals surface area contributed by atoms with E-state index in [1.54, 1.807) is 18.2 Å². The Morgan fingerprint density at radius 1 is 1.11 bits per heavy atom. The summed E-state index contributed by atoms with van der Waals surface area (Å²) in [4.78, 5) is 11.5. The second-order valence-corrected chi connectivity index (χ2v) is 4.44. The number of carbonyl (C=O) groups is 1. The SMILES string of the molecule is C[n+]1c2ccccc2c(C(=O)O)c2cc([O-])ccc21. The third-order valence-electron chi connectivity index (χ3n) is 3.35. The predicted molar refractivity (Wildman–Crippen MR) is 69.0 cm³/mol. The van der Waals surface area contributed by atoms with Crippen LogP contribution in [0.15, 0.2) is 42.5 Å². The molecule has 0 aliphatic carbocycles. The molecular weight excluding hydrogens is 242 g/mol. The number of aromatic carboxylic acids is 1. The summed E-state index contributed by atoms with van der Waals surface area (Å²) < 4.78 is 1.90. The number of hydrogen-bond acceptors (Lipinski definition) is 2. The Kier molecular flexibility index (Phi) is 2.38. The van der Waals surface area contributed by atoms with Gasteiger partial charge in [-0.15, -0.1) is 5.75 Å². The highest BCUT2D eigenvalue weighted by atomic mass is 16.4. The van der Waals surface area contributed by atoms with Crippen molar-refractivity contribution in [3.05, 3.63) is 48.0 Å². The number of carboxylic acids is 1. The Bertz CT molecular complexity index is 824. The third kappa shape index (κ3) is 1.61. The molecule has 0 saturated heterocycles. The van der Waals surface area contributed by atoms with E-state index in [9.17, 15) is 15.0 Å². The van der Waals surface area contributed by atoms with Crippen molar-refractivity contribution in [1.29, 1.82) is 0 Å². The fraction of sp³-hybridized carbons (Fsp3) is 0.0667. The minimum atomic E-state index is -1.02. The molecule has 0 spiro atoms. The molecule has 0 radical (unpaired) electrons. The molecule has 1 heterocycles.